The Morgan fingerprint density at radius 3 is 2.33 bits per heavy atom. The maximum atomic E-state index is 9.26. The van der Waals surface area contributed by atoms with Crippen molar-refractivity contribution in [1.82, 2.24) is 5.32 Å². The molecule has 1 aliphatic heterocycles. The van der Waals surface area contributed by atoms with Crippen molar-refractivity contribution in [3.8, 4) is 0 Å². The molecular formula is C12H25NO2. The molecular weight excluding hydrogens is 190 g/mol. The topological polar surface area (TPSA) is 41.5 Å². The van der Waals surface area contributed by atoms with E-state index in [1.54, 1.807) is 0 Å². The SMILES string of the molecule is CC(N[C@H](CO)C(C)C)C1CCOCC1. The maximum absolute atomic E-state index is 9.26. The molecule has 2 N–H and O–H groups in total. The summed E-state index contributed by atoms with van der Waals surface area (Å²) in [4.78, 5) is 0. The number of rotatable bonds is 5. The van der Waals surface area contributed by atoms with Gasteiger partial charge in [-0.05, 0) is 31.6 Å². The smallest absolute Gasteiger partial charge is 0.0587 e. The number of ether oxygens (including phenoxy) is 1. The van der Waals surface area contributed by atoms with Crippen LogP contribution in [0.3, 0.4) is 0 Å². The third-order valence-corrected chi connectivity index (χ3v) is 3.45. The van der Waals surface area contributed by atoms with Gasteiger partial charge in [-0.2, -0.15) is 0 Å². The third kappa shape index (κ3) is 4.09. The van der Waals surface area contributed by atoms with Crippen LogP contribution in [0.4, 0.5) is 0 Å². The van der Waals surface area contributed by atoms with Crippen LogP contribution < -0.4 is 5.32 Å². The minimum Gasteiger partial charge on any atom is -0.395 e. The van der Waals surface area contributed by atoms with E-state index in [-0.39, 0.29) is 12.6 Å². The lowest BCUT2D eigenvalue weighted by Gasteiger charge is -2.32. The number of nitrogens with one attached hydrogen (secondary N) is 1. The van der Waals surface area contributed by atoms with Crippen molar-refractivity contribution >= 4 is 0 Å². The summed E-state index contributed by atoms with van der Waals surface area (Å²) in [5, 5.41) is 12.8. The van der Waals surface area contributed by atoms with Crippen LogP contribution in [0.5, 0.6) is 0 Å². The standard InChI is InChI=1S/C12H25NO2/c1-9(2)12(8-14)13-10(3)11-4-6-15-7-5-11/h9-14H,4-8H2,1-3H3/t10?,12-/m1/s1. The van der Waals surface area contributed by atoms with Crippen LogP contribution in [-0.4, -0.2) is 37.0 Å². The lowest BCUT2D eigenvalue weighted by molar-refractivity contribution is 0.0514. The van der Waals surface area contributed by atoms with Crippen molar-refractivity contribution in [1.29, 1.82) is 0 Å². The molecule has 3 nitrogen and oxygen atoms in total. The molecule has 1 aliphatic rings. The van der Waals surface area contributed by atoms with Gasteiger partial charge in [0.1, 0.15) is 0 Å². The second-order valence-electron chi connectivity index (χ2n) is 4.94. The van der Waals surface area contributed by atoms with E-state index >= 15 is 0 Å². The summed E-state index contributed by atoms with van der Waals surface area (Å²) < 4.78 is 5.35. The molecule has 1 saturated heterocycles. The molecule has 0 spiro atoms. The van der Waals surface area contributed by atoms with Crippen LogP contribution >= 0.6 is 0 Å². The van der Waals surface area contributed by atoms with Crippen LogP contribution in [0.2, 0.25) is 0 Å². The van der Waals surface area contributed by atoms with Crippen LogP contribution in [-0.2, 0) is 4.74 Å². The third-order valence-electron chi connectivity index (χ3n) is 3.45. The molecule has 1 fully saturated rings. The predicted octanol–water partition coefficient (Wildman–Crippen LogP) is 1.41. The molecule has 0 amide bonds. The minimum atomic E-state index is 0.225. The number of aliphatic hydroxyl groups excluding tert-OH is 1. The fraction of sp³-hybridized carbons (Fsp3) is 1.00. The summed E-state index contributed by atoms with van der Waals surface area (Å²) in [5.41, 5.74) is 0. The molecule has 0 aliphatic carbocycles. The molecule has 15 heavy (non-hydrogen) atoms. The van der Waals surface area contributed by atoms with E-state index in [1.165, 1.54) is 0 Å². The lowest BCUT2D eigenvalue weighted by Crippen LogP contribution is -2.46. The Morgan fingerprint density at radius 2 is 1.87 bits per heavy atom. The fourth-order valence-electron chi connectivity index (χ4n) is 2.15. The zero-order valence-electron chi connectivity index (χ0n) is 10.2. The van der Waals surface area contributed by atoms with Crippen LogP contribution in [0.15, 0.2) is 0 Å². The van der Waals surface area contributed by atoms with Gasteiger partial charge >= 0.3 is 0 Å². The molecule has 1 unspecified atom stereocenters. The average molecular weight is 215 g/mol. The van der Waals surface area contributed by atoms with Crippen molar-refractivity contribution in [2.75, 3.05) is 19.8 Å². The molecule has 1 rings (SSSR count). The van der Waals surface area contributed by atoms with Gasteiger partial charge in [-0.1, -0.05) is 13.8 Å². The Morgan fingerprint density at radius 1 is 1.27 bits per heavy atom. The minimum absolute atomic E-state index is 0.225. The molecule has 0 saturated carbocycles. The second-order valence-corrected chi connectivity index (χ2v) is 4.94. The summed E-state index contributed by atoms with van der Waals surface area (Å²) in [6.45, 7) is 8.52. The zero-order chi connectivity index (χ0) is 11.3. The van der Waals surface area contributed by atoms with E-state index in [0.717, 1.165) is 26.1 Å². The highest BCUT2D eigenvalue weighted by Gasteiger charge is 2.23. The summed E-state index contributed by atoms with van der Waals surface area (Å²) in [7, 11) is 0. The van der Waals surface area contributed by atoms with Gasteiger partial charge in [0.25, 0.3) is 0 Å². The first-order chi connectivity index (χ1) is 7.15. The molecule has 90 valence electrons. The number of hydrogen-bond donors (Lipinski definition) is 2. The van der Waals surface area contributed by atoms with Gasteiger partial charge in [0.05, 0.1) is 6.61 Å². The highest BCUT2D eigenvalue weighted by Crippen LogP contribution is 2.19. The van der Waals surface area contributed by atoms with E-state index in [0.29, 0.717) is 17.9 Å². The normalized spacial score (nSPS) is 23.0. The van der Waals surface area contributed by atoms with Crippen LogP contribution in [0.1, 0.15) is 33.6 Å². The molecule has 1 heterocycles. The monoisotopic (exact) mass is 215 g/mol. The lowest BCUT2D eigenvalue weighted by atomic mass is 9.91. The Kier molecular flexibility index (Phi) is 5.58. The first kappa shape index (κ1) is 12.9. The second kappa shape index (κ2) is 6.46. The van der Waals surface area contributed by atoms with Gasteiger partial charge in [0.15, 0.2) is 0 Å². The summed E-state index contributed by atoms with van der Waals surface area (Å²) in [6.07, 6.45) is 2.29. The zero-order valence-corrected chi connectivity index (χ0v) is 10.2. The number of aliphatic hydroxyl groups is 1. The molecule has 0 aromatic heterocycles. The van der Waals surface area contributed by atoms with Crippen LogP contribution in [0, 0.1) is 11.8 Å². The molecule has 0 radical (unpaired) electrons. The van der Waals surface area contributed by atoms with Gasteiger partial charge in [-0.25, -0.2) is 0 Å². The van der Waals surface area contributed by atoms with Gasteiger partial charge < -0.3 is 15.2 Å². The Labute approximate surface area is 93.2 Å². The van der Waals surface area contributed by atoms with Crippen molar-refractivity contribution in [2.45, 2.75) is 45.7 Å². The van der Waals surface area contributed by atoms with Crippen molar-refractivity contribution in [2.24, 2.45) is 11.8 Å². The predicted molar refractivity (Wildman–Crippen MR) is 61.9 cm³/mol. The number of hydrogen-bond acceptors (Lipinski definition) is 3. The first-order valence-electron chi connectivity index (χ1n) is 6.09. The van der Waals surface area contributed by atoms with Gasteiger partial charge in [0, 0.05) is 25.3 Å². The molecule has 0 bridgehead atoms. The Hall–Kier alpha value is -0.120. The van der Waals surface area contributed by atoms with Gasteiger partial charge in [0.2, 0.25) is 0 Å². The van der Waals surface area contributed by atoms with Gasteiger partial charge in [-0.3, -0.25) is 0 Å². The fourth-order valence-corrected chi connectivity index (χ4v) is 2.15. The average Bonchev–Trinajstić information content (AvgIpc) is 2.26. The molecule has 2 atom stereocenters. The Balaban J connectivity index is 2.34. The quantitative estimate of drug-likeness (QED) is 0.728. The van der Waals surface area contributed by atoms with E-state index in [9.17, 15) is 5.11 Å². The first-order valence-corrected chi connectivity index (χ1v) is 6.09. The highest BCUT2D eigenvalue weighted by atomic mass is 16.5. The van der Waals surface area contributed by atoms with Crippen molar-refractivity contribution in [3.05, 3.63) is 0 Å². The highest BCUT2D eigenvalue weighted by molar-refractivity contribution is 4.80. The largest absolute Gasteiger partial charge is 0.395 e. The van der Waals surface area contributed by atoms with E-state index in [2.05, 4.69) is 26.1 Å². The molecule has 3 heteroatoms. The van der Waals surface area contributed by atoms with E-state index < -0.39 is 0 Å². The van der Waals surface area contributed by atoms with Crippen molar-refractivity contribution < 1.29 is 9.84 Å². The summed E-state index contributed by atoms with van der Waals surface area (Å²) in [6, 6.07) is 0.705. The van der Waals surface area contributed by atoms with Crippen LogP contribution in [0.25, 0.3) is 0 Å². The van der Waals surface area contributed by atoms with E-state index in [4.69, 9.17) is 4.74 Å². The Bertz CT molecular complexity index is 167. The van der Waals surface area contributed by atoms with Crippen molar-refractivity contribution in [3.63, 3.8) is 0 Å². The summed E-state index contributed by atoms with van der Waals surface area (Å²) in [5.74, 6) is 1.18. The summed E-state index contributed by atoms with van der Waals surface area (Å²) >= 11 is 0. The van der Waals surface area contributed by atoms with E-state index in [1.807, 2.05) is 0 Å². The van der Waals surface area contributed by atoms with Gasteiger partial charge in [-0.15, -0.1) is 0 Å². The molecule has 0 aromatic carbocycles. The molecule has 0 aromatic rings. The maximum Gasteiger partial charge on any atom is 0.0587 e.